The summed E-state index contributed by atoms with van der Waals surface area (Å²) in [4.78, 5) is 20.3. The first-order valence-corrected chi connectivity index (χ1v) is 5.40. The van der Waals surface area contributed by atoms with E-state index < -0.39 is 0 Å². The van der Waals surface area contributed by atoms with Crippen LogP contribution < -0.4 is 0 Å². The lowest BCUT2D eigenvalue weighted by Crippen LogP contribution is -2.11. The Kier molecular flexibility index (Phi) is 2.95. The highest BCUT2D eigenvalue weighted by Crippen LogP contribution is 2.10. The van der Waals surface area contributed by atoms with E-state index in [1.807, 2.05) is 38.1 Å². The normalized spacial score (nSPS) is 10.9. The number of carbonyl (C=O) groups excluding carboxylic acids is 1. The van der Waals surface area contributed by atoms with Crippen molar-refractivity contribution < 1.29 is 4.79 Å². The first-order valence-electron chi connectivity index (χ1n) is 5.40. The number of para-hydroxylation sites is 2. The van der Waals surface area contributed by atoms with Gasteiger partial charge < -0.3 is 0 Å². The molecule has 1 aromatic carbocycles. The number of ketones is 1. The van der Waals surface area contributed by atoms with Gasteiger partial charge in [0.05, 0.1) is 23.1 Å². The molecule has 3 nitrogen and oxygen atoms in total. The molecule has 0 spiro atoms. The molecule has 1 heterocycles. The van der Waals surface area contributed by atoms with E-state index in [1.165, 1.54) is 0 Å². The molecule has 3 heteroatoms. The van der Waals surface area contributed by atoms with E-state index in [2.05, 4.69) is 9.97 Å². The number of hydrogen-bond donors (Lipinski definition) is 0. The number of hydrogen-bond acceptors (Lipinski definition) is 3. The lowest BCUT2D eigenvalue weighted by molar-refractivity contribution is -0.121. The molecule has 0 radical (unpaired) electrons. The largest absolute Gasteiger partial charge is 0.299 e. The first kappa shape index (κ1) is 10.7. The molecule has 0 aliphatic heterocycles. The summed E-state index contributed by atoms with van der Waals surface area (Å²) < 4.78 is 0. The predicted molar refractivity (Wildman–Crippen MR) is 63.1 cm³/mol. The van der Waals surface area contributed by atoms with Crippen LogP contribution >= 0.6 is 0 Å². The molecule has 0 aliphatic rings. The van der Waals surface area contributed by atoms with E-state index in [0.717, 1.165) is 16.7 Å². The van der Waals surface area contributed by atoms with Crippen molar-refractivity contribution in [3.05, 3.63) is 36.2 Å². The summed E-state index contributed by atoms with van der Waals surface area (Å²) in [6.45, 7) is 3.80. The molecule has 0 saturated carbocycles. The van der Waals surface area contributed by atoms with Crippen LogP contribution in [0.5, 0.6) is 0 Å². The van der Waals surface area contributed by atoms with Crippen molar-refractivity contribution in [1.29, 1.82) is 0 Å². The van der Waals surface area contributed by atoms with E-state index in [9.17, 15) is 4.79 Å². The number of carbonyl (C=O) groups is 1. The van der Waals surface area contributed by atoms with E-state index in [-0.39, 0.29) is 11.7 Å². The Morgan fingerprint density at radius 1 is 1.25 bits per heavy atom. The van der Waals surface area contributed by atoms with Gasteiger partial charge in [-0.15, -0.1) is 0 Å². The topological polar surface area (TPSA) is 42.9 Å². The molecule has 0 fully saturated rings. The second-order valence-corrected chi connectivity index (χ2v) is 4.15. The van der Waals surface area contributed by atoms with Gasteiger partial charge in [-0.2, -0.15) is 0 Å². The number of rotatable bonds is 3. The number of nitrogens with zero attached hydrogens (tertiary/aromatic N) is 2. The zero-order chi connectivity index (χ0) is 11.5. The minimum Gasteiger partial charge on any atom is -0.299 e. The average molecular weight is 214 g/mol. The molecule has 16 heavy (non-hydrogen) atoms. The second kappa shape index (κ2) is 4.39. The molecule has 82 valence electrons. The van der Waals surface area contributed by atoms with Gasteiger partial charge in [0.2, 0.25) is 0 Å². The maximum Gasteiger partial charge on any atom is 0.141 e. The SMILES string of the molecule is CC(C)C(=O)Cc1cnc2ccccc2n1. The summed E-state index contributed by atoms with van der Waals surface area (Å²) in [5.41, 5.74) is 2.46. The van der Waals surface area contributed by atoms with Gasteiger partial charge in [0.25, 0.3) is 0 Å². The van der Waals surface area contributed by atoms with E-state index in [0.29, 0.717) is 6.42 Å². The maximum absolute atomic E-state index is 11.6. The van der Waals surface area contributed by atoms with Crippen LogP contribution in [0.3, 0.4) is 0 Å². The molecular weight excluding hydrogens is 200 g/mol. The fourth-order valence-corrected chi connectivity index (χ4v) is 1.46. The Hall–Kier alpha value is -1.77. The predicted octanol–water partition coefficient (Wildman–Crippen LogP) is 2.40. The smallest absolute Gasteiger partial charge is 0.141 e. The third kappa shape index (κ3) is 2.24. The van der Waals surface area contributed by atoms with Gasteiger partial charge in [-0.05, 0) is 12.1 Å². The molecule has 0 unspecified atom stereocenters. The van der Waals surface area contributed by atoms with Gasteiger partial charge in [0, 0.05) is 12.1 Å². The minimum absolute atomic E-state index is 0.0493. The molecular formula is C13H14N2O. The molecule has 2 rings (SSSR count). The number of aromatic nitrogens is 2. The second-order valence-electron chi connectivity index (χ2n) is 4.15. The summed E-state index contributed by atoms with van der Waals surface area (Å²) in [5.74, 6) is 0.248. The number of fused-ring (bicyclic) bond motifs is 1. The van der Waals surface area contributed by atoms with Crippen molar-refractivity contribution in [2.24, 2.45) is 5.92 Å². The third-order valence-electron chi connectivity index (χ3n) is 2.50. The number of Topliss-reactive ketones (excluding diaryl/α,β-unsaturated/α-hetero) is 1. The molecule has 1 aromatic heterocycles. The van der Waals surface area contributed by atoms with Crippen LogP contribution in [-0.4, -0.2) is 15.8 Å². The Morgan fingerprint density at radius 3 is 2.62 bits per heavy atom. The minimum atomic E-state index is 0.0493. The van der Waals surface area contributed by atoms with Crippen molar-refractivity contribution >= 4 is 16.8 Å². The standard InChI is InChI=1S/C13H14N2O/c1-9(2)13(16)7-10-8-14-11-5-3-4-6-12(11)15-10/h3-6,8-9H,7H2,1-2H3. The Bertz CT molecular complexity index is 520. The van der Waals surface area contributed by atoms with Crippen LogP contribution in [0.25, 0.3) is 11.0 Å². The van der Waals surface area contributed by atoms with Crippen LogP contribution in [0.4, 0.5) is 0 Å². The molecule has 0 bridgehead atoms. The summed E-state index contributed by atoms with van der Waals surface area (Å²) >= 11 is 0. The zero-order valence-electron chi connectivity index (χ0n) is 9.47. The number of benzene rings is 1. The molecule has 0 saturated heterocycles. The molecule has 0 atom stereocenters. The van der Waals surface area contributed by atoms with E-state index >= 15 is 0 Å². The molecule has 0 amide bonds. The van der Waals surface area contributed by atoms with E-state index in [4.69, 9.17) is 0 Å². The van der Waals surface area contributed by atoms with Crippen molar-refractivity contribution in [3.63, 3.8) is 0 Å². The highest BCUT2D eigenvalue weighted by Gasteiger charge is 2.09. The maximum atomic E-state index is 11.6. The van der Waals surface area contributed by atoms with Crippen LogP contribution in [0, 0.1) is 5.92 Å². The average Bonchev–Trinajstić information content (AvgIpc) is 2.28. The Balaban J connectivity index is 2.29. The monoisotopic (exact) mass is 214 g/mol. The molecule has 2 aromatic rings. The highest BCUT2D eigenvalue weighted by molar-refractivity contribution is 5.83. The van der Waals surface area contributed by atoms with Crippen LogP contribution in [0.15, 0.2) is 30.5 Å². The van der Waals surface area contributed by atoms with Gasteiger partial charge in [-0.3, -0.25) is 9.78 Å². The van der Waals surface area contributed by atoms with E-state index in [1.54, 1.807) is 6.20 Å². The van der Waals surface area contributed by atoms with Crippen molar-refractivity contribution in [2.45, 2.75) is 20.3 Å². The lowest BCUT2D eigenvalue weighted by atomic mass is 10.1. The van der Waals surface area contributed by atoms with Crippen molar-refractivity contribution in [1.82, 2.24) is 9.97 Å². The van der Waals surface area contributed by atoms with Crippen LogP contribution in [-0.2, 0) is 11.2 Å². The van der Waals surface area contributed by atoms with Crippen molar-refractivity contribution in [3.8, 4) is 0 Å². The molecule has 0 aliphatic carbocycles. The summed E-state index contributed by atoms with van der Waals surface area (Å²) in [6.07, 6.45) is 2.05. The summed E-state index contributed by atoms with van der Waals surface area (Å²) in [7, 11) is 0. The first-order chi connectivity index (χ1) is 7.66. The summed E-state index contributed by atoms with van der Waals surface area (Å²) in [5, 5.41) is 0. The fraction of sp³-hybridized carbons (Fsp3) is 0.308. The van der Waals surface area contributed by atoms with Gasteiger partial charge in [-0.25, -0.2) is 4.98 Å². The van der Waals surface area contributed by atoms with Crippen LogP contribution in [0.1, 0.15) is 19.5 Å². The van der Waals surface area contributed by atoms with Gasteiger partial charge in [0.15, 0.2) is 0 Å². The Labute approximate surface area is 94.5 Å². The van der Waals surface area contributed by atoms with Gasteiger partial charge >= 0.3 is 0 Å². The third-order valence-corrected chi connectivity index (χ3v) is 2.50. The molecule has 0 N–H and O–H groups in total. The van der Waals surface area contributed by atoms with Crippen molar-refractivity contribution in [2.75, 3.05) is 0 Å². The van der Waals surface area contributed by atoms with Gasteiger partial charge in [0.1, 0.15) is 5.78 Å². The quantitative estimate of drug-likeness (QED) is 0.788. The van der Waals surface area contributed by atoms with Gasteiger partial charge in [-0.1, -0.05) is 26.0 Å². The highest BCUT2D eigenvalue weighted by atomic mass is 16.1. The lowest BCUT2D eigenvalue weighted by Gasteiger charge is -2.04. The zero-order valence-corrected chi connectivity index (χ0v) is 9.47. The summed E-state index contributed by atoms with van der Waals surface area (Å²) in [6, 6.07) is 7.67. The van der Waals surface area contributed by atoms with Crippen LogP contribution in [0.2, 0.25) is 0 Å². The Morgan fingerprint density at radius 2 is 1.94 bits per heavy atom. The fourth-order valence-electron chi connectivity index (χ4n) is 1.46.